The van der Waals surface area contributed by atoms with Gasteiger partial charge < -0.3 is 19.3 Å². The minimum absolute atomic E-state index is 0.440. The number of aromatic nitrogens is 2. The van der Waals surface area contributed by atoms with Crippen molar-refractivity contribution in [3.8, 4) is 0 Å². The SMILES string of the molecule is C1=CC2=NC=CC2CC(N2CCN(c3ccc4ccn(CCN5CCCC5)c4n3)CC2)=C1. The zero-order chi connectivity index (χ0) is 21.3. The van der Waals surface area contributed by atoms with Gasteiger partial charge in [0.1, 0.15) is 11.5 Å². The Morgan fingerprint density at radius 2 is 1.75 bits per heavy atom. The van der Waals surface area contributed by atoms with Crippen molar-refractivity contribution in [3.05, 3.63) is 60.6 Å². The highest BCUT2D eigenvalue weighted by Crippen LogP contribution is 2.27. The van der Waals surface area contributed by atoms with E-state index in [9.17, 15) is 0 Å². The van der Waals surface area contributed by atoms with Crippen molar-refractivity contribution in [2.24, 2.45) is 10.9 Å². The molecule has 1 atom stereocenters. The molecule has 6 nitrogen and oxygen atoms in total. The quantitative estimate of drug-likeness (QED) is 0.728. The molecule has 1 unspecified atom stereocenters. The Labute approximate surface area is 190 Å². The van der Waals surface area contributed by atoms with E-state index in [-0.39, 0.29) is 0 Å². The van der Waals surface area contributed by atoms with E-state index in [1.807, 2.05) is 6.20 Å². The summed E-state index contributed by atoms with van der Waals surface area (Å²) < 4.78 is 2.34. The van der Waals surface area contributed by atoms with Gasteiger partial charge in [0.15, 0.2) is 0 Å². The molecule has 1 aliphatic carbocycles. The smallest absolute Gasteiger partial charge is 0.142 e. The van der Waals surface area contributed by atoms with E-state index in [0.717, 1.165) is 57.2 Å². The molecule has 32 heavy (non-hydrogen) atoms. The predicted octanol–water partition coefficient (Wildman–Crippen LogP) is 3.68. The molecule has 2 aromatic heterocycles. The first-order valence-corrected chi connectivity index (χ1v) is 12.1. The van der Waals surface area contributed by atoms with E-state index < -0.39 is 0 Å². The highest BCUT2D eigenvalue weighted by Gasteiger charge is 2.24. The number of fused-ring (bicyclic) bond motifs is 2. The predicted molar refractivity (Wildman–Crippen MR) is 131 cm³/mol. The lowest BCUT2D eigenvalue weighted by molar-refractivity contribution is 0.308. The van der Waals surface area contributed by atoms with Crippen molar-refractivity contribution in [1.82, 2.24) is 19.4 Å². The maximum absolute atomic E-state index is 5.10. The number of likely N-dealkylation sites (tertiary alicyclic amines) is 1. The fourth-order valence-electron chi connectivity index (χ4n) is 5.44. The fourth-order valence-corrected chi connectivity index (χ4v) is 5.44. The van der Waals surface area contributed by atoms with Crippen molar-refractivity contribution < 1.29 is 0 Å². The Kier molecular flexibility index (Phi) is 5.31. The molecule has 166 valence electrons. The number of aliphatic imine (C=N–C) groups is 1. The standard InChI is InChI=1S/C26H32N6/c1-2-12-29(11-1)14-15-32-13-9-21-6-7-25(28-26(21)32)31-18-16-30(17-19-31)23-4-3-5-24-22(20-23)8-10-27-24/h3-10,13,22H,1-2,11-12,14-20H2. The molecular formula is C26H32N6. The van der Waals surface area contributed by atoms with Crippen molar-refractivity contribution >= 4 is 22.6 Å². The Balaban J connectivity index is 1.11. The van der Waals surface area contributed by atoms with Crippen LogP contribution in [0.4, 0.5) is 5.82 Å². The van der Waals surface area contributed by atoms with Gasteiger partial charge in [-0.2, -0.15) is 0 Å². The molecule has 0 aromatic carbocycles. The lowest BCUT2D eigenvalue weighted by Crippen LogP contribution is -2.46. The summed E-state index contributed by atoms with van der Waals surface area (Å²) in [5, 5.41) is 1.24. The van der Waals surface area contributed by atoms with E-state index in [4.69, 9.17) is 4.98 Å². The van der Waals surface area contributed by atoms with Gasteiger partial charge in [0, 0.05) is 74.4 Å². The van der Waals surface area contributed by atoms with Crippen molar-refractivity contribution in [2.75, 3.05) is 50.7 Å². The number of rotatable bonds is 5. The molecule has 0 N–H and O–H groups in total. The number of nitrogens with zero attached hydrogens (tertiary/aromatic N) is 6. The third-order valence-corrected chi connectivity index (χ3v) is 7.37. The Bertz CT molecular complexity index is 1090. The number of anilines is 1. The van der Waals surface area contributed by atoms with Gasteiger partial charge in [0.25, 0.3) is 0 Å². The monoisotopic (exact) mass is 428 g/mol. The van der Waals surface area contributed by atoms with E-state index in [0.29, 0.717) is 5.92 Å². The summed E-state index contributed by atoms with van der Waals surface area (Å²) in [6, 6.07) is 6.64. The summed E-state index contributed by atoms with van der Waals surface area (Å²) in [6.07, 6.45) is 16.7. The number of allylic oxidation sites excluding steroid dienone is 5. The Hall–Kier alpha value is -2.86. The molecule has 6 rings (SSSR count). The average Bonchev–Trinajstić information content (AvgIpc) is 3.57. The zero-order valence-electron chi connectivity index (χ0n) is 18.7. The van der Waals surface area contributed by atoms with Gasteiger partial charge in [-0.05, 0) is 62.7 Å². The van der Waals surface area contributed by atoms with Gasteiger partial charge in [-0.25, -0.2) is 4.98 Å². The van der Waals surface area contributed by atoms with Crippen molar-refractivity contribution in [1.29, 1.82) is 0 Å². The highest BCUT2D eigenvalue weighted by atomic mass is 15.3. The molecule has 2 aromatic rings. The maximum Gasteiger partial charge on any atom is 0.142 e. The molecular weight excluding hydrogens is 396 g/mol. The summed E-state index contributed by atoms with van der Waals surface area (Å²) in [7, 11) is 0. The Morgan fingerprint density at radius 1 is 0.906 bits per heavy atom. The second-order valence-electron chi connectivity index (χ2n) is 9.34. The molecule has 0 spiro atoms. The minimum atomic E-state index is 0.440. The first kappa shape index (κ1) is 19.8. The van der Waals surface area contributed by atoms with Gasteiger partial charge in [-0.1, -0.05) is 12.2 Å². The lowest BCUT2D eigenvalue weighted by atomic mass is 9.99. The Morgan fingerprint density at radius 3 is 2.62 bits per heavy atom. The van der Waals surface area contributed by atoms with E-state index >= 15 is 0 Å². The first-order valence-electron chi connectivity index (χ1n) is 12.1. The zero-order valence-corrected chi connectivity index (χ0v) is 18.7. The van der Waals surface area contributed by atoms with Gasteiger partial charge >= 0.3 is 0 Å². The molecule has 0 saturated carbocycles. The topological polar surface area (TPSA) is 39.9 Å². The van der Waals surface area contributed by atoms with Gasteiger partial charge in [0.05, 0.1) is 0 Å². The van der Waals surface area contributed by atoms with Crippen LogP contribution >= 0.6 is 0 Å². The van der Waals surface area contributed by atoms with Crippen LogP contribution in [0, 0.1) is 5.92 Å². The van der Waals surface area contributed by atoms with Crippen molar-refractivity contribution in [3.63, 3.8) is 0 Å². The summed E-state index contributed by atoms with van der Waals surface area (Å²) in [4.78, 5) is 17.2. The van der Waals surface area contributed by atoms with Crippen LogP contribution in [0.3, 0.4) is 0 Å². The van der Waals surface area contributed by atoms with Crippen LogP contribution in [0.25, 0.3) is 11.0 Å². The lowest BCUT2D eigenvalue weighted by Gasteiger charge is -2.38. The molecule has 4 aliphatic rings. The molecule has 0 radical (unpaired) electrons. The molecule has 0 bridgehead atoms. The van der Waals surface area contributed by atoms with Gasteiger partial charge in [-0.3, -0.25) is 4.99 Å². The summed E-state index contributed by atoms with van der Waals surface area (Å²) in [5.74, 6) is 1.55. The number of hydrogen-bond donors (Lipinski definition) is 0. The normalized spacial score (nSPS) is 23.6. The molecule has 6 heteroatoms. The van der Waals surface area contributed by atoms with Crippen LogP contribution in [0.1, 0.15) is 19.3 Å². The summed E-state index contributed by atoms with van der Waals surface area (Å²) in [6.45, 7) is 8.75. The minimum Gasteiger partial charge on any atom is -0.371 e. The highest BCUT2D eigenvalue weighted by molar-refractivity contribution is 6.00. The van der Waals surface area contributed by atoms with Crippen LogP contribution in [0.15, 0.2) is 65.6 Å². The summed E-state index contributed by atoms with van der Waals surface area (Å²) in [5.41, 5.74) is 3.75. The van der Waals surface area contributed by atoms with Crippen LogP contribution in [-0.2, 0) is 6.54 Å². The van der Waals surface area contributed by atoms with Crippen LogP contribution < -0.4 is 4.90 Å². The first-order chi connectivity index (χ1) is 15.8. The second-order valence-corrected chi connectivity index (χ2v) is 9.34. The third kappa shape index (κ3) is 3.88. The number of hydrogen-bond acceptors (Lipinski definition) is 5. The largest absolute Gasteiger partial charge is 0.371 e. The fraction of sp³-hybridized carbons (Fsp3) is 0.462. The number of pyridine rings is 1. The molecule has 2 saturated heterocycles. The van der Waals surface area contributed by atoms with E-state index in [1.54, 1.807) is 0 Å². The molecule has 3 aliphatic heterocycles. The number of piperazine rings is 1. The van der Waals surface area contributed by atoms with E-state index in [1.165, 1.54) is 42.7 Å². The molecule has 5 heterocycles. The third-order valence-electron chi connectivity index (χ3n) is 7.37. The second kappa shape index (κ2) is 8.58. The van der Waals surface area contributed by atoms with Crippen molar-refractivity contribution in [2.45, 2.75) is 25.8 Å². The van der Waals surface area contributed by atoms with Crippen LogP contribution in [0.5, 0.6) is 0 Å². The average molecular weight is 429 g/mol. The van der Waals surface area contributed by atoms with Crippen LogP contribution in [0.2, 0.25) is 0 Å². The summed E-state index contributed by atoms with van der Waals surface area (Å²) >= 11 is 0. The van der Waals surface area contributed by atoms with E-state index in [2.05, 4.69) is 73.0 Å². The van der Waals surface area contributed by atoms with Gasteiger partial charge in [-0.15, -0.1) is 0 Å². The molecule has 0 amide bonds. The van der Waals surface area contributed by atoms with Gasteiger partial charge in [0.2, 0.25) is 0 Å². The molecule has 2 fully saturated rings. The van der Waals surface area contributed by atoms with Crippen LogP contribution in [-0.4, -0.2) is 70.9 Å². The maximum atomic E-state index is 5.10.